The highest BCUT2D eigenvalue weighted by Crippen LogP contribution is 2.22. The van der Waals surface area contributed by atoms with Gasteiger partial charge in [0.15, 0.2) is 0 Å². The molecule has 0 saturated heterocycles. The lowest BCUT2D eigenvalue weighted by Crippen LogP contribution is -2.24. The summed E-state index contributed by atoms with van der Waals surface area (Å²) in [5, 5.41) is 8.88. The summed E-state index contributed by atoms with van der Waals surface area (Å²) in [6.45, 7) is 9.20. The van der Waals surface area contributed by atoms with Gasteiger partial charge < -0.3 is 14.6 Å². The summed E-state index contributed by atoms with van der Waals surface area (Å²) in [5.41, 5.74) is -0.655. The van der Waals surface area contributed by atoms with E-state index in [0.29, 0.717) is 26.2 Å². The first kappa shape index (κ1) is 15.4. The molecule has 0 aliphatic heterocycles. The Labute approximate surface area is 97.9 Å². The Kier molecular flexibility index (Phi) is 7.34. The van der Waals surface area contributed by atoms with Crippen LogP contribution in [0.5, 0.6) is 0 Å². The first-order chi connectivity index (χ1) is 7.36. The lowest BCUT2D eigenvalue weighted by molar-refractivity contribution is -0.147. The molecular weight excluding hydrogens is 208 g/mol. The van der Waals surface area contributed by atoms with E-state index in [1.54, 1.807) is 13.8 Å². The molecule has 0 heterocycles. The third-order valence-electron chi connectivity index (χ3n) is 2.35. The van der Waals surface area contributed by atoms with Gasteiger partial charge in [0.2, 0.25) is 0 Å². The molecule has 0 aromatic carbocycles. The van der Waals surface area contributed by atoms with E-state index < -0.39 is 11.4 Å². The van der Waals surface area contributed by atoms with Gasteiger partial charge in [-0.3, -0.25) is 4.79 Å². The quantitative estimate of drug-likeness (QED) is 0.620. The van der Waals surface area contributed by atoms with Crippen molar-refractivity contribution in [2.45, 2.75) is 46.6 Å². The lowest BCUT2D eigenvalue weighted by atomic mass is 9.88. The zero-order valence-corrected chi connectivity index (χ0v) is 10.8. The van der Waals surface area contributed by atoms with Crippen LogP contribution in [-0.4, -0.2) is 37.0 Å². The molecule has 0 fully saturated rings. The molecule has 1 N–H and O–H groups in total. The summed E-state index contributed by atoms with van der Waals surface area (Å²) in [6, 6.07) is 0. The van der Waals surface area contributed by atoms with Crippen molar-refractivity contribution in [3.63, 3.8) is 0 Å². The number of hydrogen-bond acceptors (Lipinski definition) is 3. The van der Waals surface area contributed by atoms with E-state index in [4.69, 9.17) is 14.6 Å². The van der Waals surface area contributed by atoms with Crippen molar-refractivity contribution in [3.8, 4) is 0 Å². The van der Waals surface area contributed by atoms with E-state index in [9.17, 15) is 4.79 Å². The van der Waals surface area contributed by atoms with Gasteiger partial charge in [-0.1, -0.05) is 0 Å². The number of carbonyl (C=O) groups is 1. The van der Waals surface area contributed by atoms with E-state index in [2.05, 4.69) is 0 Å². The predicted molar refractivity (Wildman–Crippen MR) is 62.6 cm³/mol. The smallest absolute Gasteiger partial charge is 0.309 e. The first-order valence-corrected chi connectivity index (χ1v) is 5.79. The predicted octanol–water partition coefficient (Wildman–Crippen LogP) is 2.32. The minimum absolute atomic E-state index is 0.231. The molecule has 0 unspecified atom stereocenters. The van der Waals surface area contributed by atoms with Crippen LogP contribution in [0.1, 0.15) is 40.5 Å². The number of carboxylic acid groups (broad SMARTS) is 1. The van der Waals surface area contributed by atoms with E-state index >= 15 is 0 Å². The van der Waals surface area contributed by atoms with Crippen molar-refractivity contribution in [3.05, 3.63) is 0 Å². The largest absolute Gasteiger partial charge is 0.481 e. The van der Waals surface area contributed by atoms with Crippen LogP contribution < -0.4 is 0 Å². The number of aliphatic carboxylic acids is 1. The number of hydrogen-bond donors (Lipinski definition) is 1. The second kappa shape index (κ2) is 7.63. The van der Waals surface area contributed by atoms with Gasteiger partial charge in [0.05, 0.1) is 24.7 Å². The molecule has 0 radical (unpaired) electrons. The molecule has 0 saturated carbocycles. The maximum atomic E-state index is 10.8. The Balaban J connectivity index is 3.37. The fraction of sp³-hybridized carbons (Fsp3) is 0.917. The molecule has 0 aliphatic carbocycles. The van der Waals surface area contributed by atoms with Crippen LogP contribution in [0.15, 0.2) is 0 Å². The second-order valence-corrected chi connectivity index (χ2v) is 4.82. The van der Waals surface area contributed by atoms with E-state index in [1.807, 2.05) is 13.8 Å². The maximum Gasteiger partial charge on any atom is 0.309 e. The number of rotatable bonds is 9. The summed E-state index contributed by atoms with van der Waals surface area (Å²) < 4.78 is 10.6. The van der Waals surface area contributed by atoms with E-state index in [0.717, 1.165) is 6.42 Å². The van der Waals surface area contributed by atoms with Gasteiger partial charge in [-0.15, -0.1) is 0 Å². The SMILES string of the molecule is CC(C)OCCOCCCC(C)(C)C(=O)O. The molecule has 4 heteroatoms. The van der Waals surface area contributed by atoms with Crippen molar-refractivity contribution in [2.24, 2.45) is 5.41 Å². The van der Waals surface area contributed by atoms with Crippen molar-refractivity contribution >= 4 is 5.97 Å². The van der Waals surface area contributed by atoms with Crippen LogP contribution >= 0.6 is 0 Å². The molecule has 0 aromatic heterocycles. The highest BCUT2D eigenvalue weighted by atomic mass is 16.5. The molecule has 96 valence electrons. The molecular formula is C12H24O4. The molecule has 4 nitrogen and oxygen atoms in total. The van der Waals surface area contributed by atoms with Crippen LogP contribution in [0.4, 0.5) is 0 Å². The normalized spacial score (nSPS) is 12.1. The van der Waals surface area contributed by atoms with E-state index in [1.165, 1.54) is 0 Å². The van der Waals surface area contributed by atoms with Crippen molar-refractivity contribution < 1.29 is 19.4 Å². The second-order valence-electron chi connectivity index (χ2n) is 4.82. The summed E-state index contributed by atoms with van der Waals surface area (Å²) in [7, 11) is 0. The Bertz CT molecular complexity index is 199. The third-order valence-corrected chi connectivity index (χ3v) is 2.35. The fourth-order valence-corrected chi connectivity index (χ4v) is 1.17. The Morgan fingerprint density at radius 2 is 1.88 bits per heavy atom. The minimum atomic E-state index is -0.754. The van der Waals surface area contributed by atoms with Crippen molar-refractivity contribution in [1.29, 1.82) is 0 Å². The zero-order valence-electron chi connectivity index (χ0n) is 10.8. The highest BCUT2D eigenvalue weighted by molar-refractivity contribution is 5.73. The van der Waals surface area contributed by atoms with Crippen LogP contribution in [0.25, 0.3) is 0 Å². The molecule has 0 spiro atoms. The zero-order chi connectivity index (χ0) is 12.6. The molecule has 0 atom stereocenters. The first-order valence-electron chi connectivity index (χ1n) is 5.79. The summed E-state index contributed by atoms with van der Waals surface area (Å²) in [5.74, 6) is -0.754. The molecule has 0 bridgehead atoms. The van der Waals surface area contributed by atoms with Gasteiger partial charge >= 0.3 is 5.97 Å². The van der Waals surface area contributed by atoms with Gasteiger partial charge in [-0.2, -0.15) is 0 Å². The van der Waals surface area contributed by atoms with Gasteiger partial charge in [-0.25, -0.2) is 0 Å². The summed E-state index contributed by atoms with van der Waals surface area (Å²) in [6.07, 6.45) is 1.63. The Hall–Kier alpha value is -0.610. The van der Waals surface area contributed by atoms with Gasteiger partial charge in [0, 0.05) is 6.61 Å². The lowest BCUT2D eigenvalue weighted by Gasteiger charge is -2.18. The number of ether oxygens (including phenoxy) is 2. The van der Waals surface area contributed by atoms with Crippen molar-refractivity contribution in [2.75, 3.05) is 19.8 Å². The fourth-order valence-electron chi connectivity index (χ4n) is 1.17. The van der Waals surface area contributed by atoms with Crippen LogP contribution in [0, 0.1) is 5.41 Å². The standard InChI is InChI=1S/C12H24O4/c1-10(2)16-9-8-15-7-5-6-12(3,4)11(13)14/h10H,5-9H2,1-4H3,(H,13,14). The van der Waals surface area contributed by atoms with Crippen molar-refractivity contribution in [1.82, 2.24) is 0 Å². The molecule has 0 aliphatic rings. The molecule has 0 aromatic rings. The molecule has 0 amide bonds. The average molecular weight is 232 g/mol. The van der Waals surface area contributed by atoms with E-state index in [-0.39, 0.29) is 6.10 Å². The maximum absolute atomic E-state index is 10.8. The van der Waals surface area contributed by atoms with Crippen LogP contribution in [0.2, 0.25) is 0 Å². The summed E-state index contributed by atoms with van der Waals surface area (Å²) >= 11 is 0. The summed E-state index contributed by atoms with van der Waals surface area (Å²) in [4.78, 5) is 10.8. The topological polar surface area (TPSA) is 55.8 Å². The Morgan fingerprint density at radius 3 is 2.38 bits per heavy atom. The average Bonchev–Trinajstić information content (AvgIpc) is 2.15. The molecule has 16 heavy (non-hydrogen) atoms. The van der Waals surface area contributed by atoms with Gasteiger partial charge in [0.25, 0.3) is 0 Å². The van der Waals surface area contributed by atoms with Gasteiger partial charge in [-0.05, 0) is 40.5 Å². The molecule has 0 rings (SSSR count). The van der Waals surface area contributed by atoms with Crippen LogP contribution in [0.3, 0.4) is 0 Å². The van der Waals surface area contributed by atoms with Crippen LogP contribution in [-0.2, 0) is 14.3 Å². The van der Waals surface area contributed by atoms with Gasteiger partial charge in [0.1, 0.15) is 0 Å². The Morgan fingerprint density at radius 1 is 1.25 bits per heavy atom. The minimum Gasteiger partial charge on any atom is -0.481 e. The highest BCUT2D eigenvalue weighted by Gasteiger charge is 2.25. The third kappa shape index (κ3) is 7.65. The monoisotopic (exact) mass is 232 g/mol. The number of carboxylic acids is 1.